The van der Waals surface area contributed by atoms with Crippen LogP contribution in [-0.4, -0.2) is 18.5 Å². The Labute approximate surface area is 138 Å². The van der Waals surface area contributed by atoms with Crippen LogP contribution in [-0.2, 0) is 14.3 Å². The van der Waals surface area contributed by atoms with Gasteiger partial charge in [0.1, 0.15) is 0 Å². The Bertz CT molecular complexity index is 644. The monoisotopic (exact) mass is 339 g/mol. The minimum atomic E-state index is -0.434. The summed E-state index contributed by atoms with van der Waals surface area (Å²) < 4.78 is 5.12. The molecule has 3 unspecified atom stereocenters. The Hall–Kier alpha value is -1.52. The van der Waals surface area contributed by atoms with Gasteiger partial charge in [0.2, 0.25) is 0 Å². The van der Waals surface area contributed by atoms with Gasteiger partial charge >= 0.3 is 5.97 Å². The maximum Gasteiger partial charge on any atom is 0.310 e. The molecule has 2 aliphatic carbocycles. The number of benzene rings is 1. The fourth-order valence-corrected chi connectivity index (χ4v) is 3.41. The Morgan fingerprint density at radius 1 is 1.23 bits per heavy atom. The van der Waals surface area contributed by atoms with E-state index in [2.05, 4.69) is 17.5 Å². The van der Waals surface area contributed by atoms with Crippen LogP contribution in [0.2, 0.25) is 10.0 Å². The fourth-order valence-electron chi connectivity index (χ4n) is 3.08. The van der Waals surface area contributed by atoms with Crippen molar-refractivity contribution in [3.63, 3.8) is 0 Å². The number of esters is 1. The van der Waals surface area contributed by atoms with Gasteiger partial charge in [-0.3, -0.25) is 9.59 Å². The number of ether oxygens (including phenoxy) is 1. The molecule has 116 valence electrons. The molecule has 0 saturated heterocycles. The van der Waals surface area contributed by atoms with Crippen LogP contribution in [0, 0.1) is 17.8 Å². The third-order valence-corrected chi connectivity index (χ3v) is 4.69. The number of halogens is 2. The van der Waals surface area contributed by atoms with Gasteiger partial charge in [0.25, 0.3) is 5.91 Å². The summed E-state index contributed by atoms with van der Waals surface area (Å²) in [6, 6.07) is 4.76. The number of hydrogen-bond acceptors (Lipinski definition) is 3. The molecule has 6 heteroatoms. The number of nitrogens with one attached hydrogen (secondary N) is 1. The maximum atomic E-state index is 12.0. The van der Waals surface area contributed by atoms with E-state index in [4.69, 9.17) is 27.9 Å². The zero-order chi connectivity index (χ0) is 15.7. The topological polar surface area (TPSA) is 55.4 Å². The van der Waals surface area contributed by atoms with Gasteiger partial charge in [-0.2, -0.15) is 0 Å². The minimum absolute atomic E-state index is 0.113. The number of rotatable bonds is 4. The molecule has 3 atom stereocenters. The van der Waals surface area contributed by atoms with Crippen molar-refractivity contribution in [1.29, 1.82) is 0 Å². The van der Waals surface area contributed by atoms with Crippen molar-refractivity contribution in [3.05, 3.63) is 40.4 Å². The van der Waals surface area contributed by atoms with Gasteiger partial charge in [-0.05, 0) is 42.9 Å². The molecule has 0 aromatic heterocycles. The van der Waals surface area contributed by atoms with Crippen LogP contribution in [0.5, 0.6) is 0 Å². The van der Waals surface area contributed by atoms with Gasteiger partial charge in [-0.25, -0.2) is 0 Å². The first kappa shape index (κ1) is 15.4. The van der Waals surface area contributed by atoms with E-state index in [1.807, 2.05) is 0 Å². The molecule has 1 N–H and O–H groups in total. The molecule has 1 fully saturated rings. The smallest absolute Gasteiger partial charge is 0.310 e. The van der Waals surface area contributed by atoms with E-state index in [1.165, 1.54) is 0 Å². The molecule has 3 rings (SSSR count). The number of anilines is 1. The molecule has 22 heavy (non-hydrogen) atoms. The first-order valence-corrected chi connectivity index (χ1v) is 7.88. The predicted octanol–water partition coefficient (Wildman–Crippen LogP) is 3.69. The van der Waals surface area contributed by atoms with E-state index in [9.17, 15) is 9.59 Å². The van der Waals surface area contributed by atoms with Crippen LogP contribution in [0.25, 0.3) is 0 Å². The molecule has 4 nitrogen and oxygen atoms in total. The Kier molecular flexibility index (Phi) is 4.41. The molecule has 0 heterocycles. The Morgan fingerprint density at radius 3 is 2.73 bits per heavy atom. The molecule has 1 saturated carbocycles. The summed E-state index contributed by atoms with van der Waals surface area (Å²) in [6.45, 7) is -0.320. The molecule has 1 amide bonds. The van der Waals surface area contributed by atoms with Gasteiger partial charge in [0.05, 0.1) is 16.6 Å². The highest BCUT2D eigenvalue weighted by Gasteiger charge is 2.40. The highest BCUT2D eigenvalue weighted by atomic mass is 35.5. The highest BCUT2D eigenvalue weighted by molar-refractivity contribution is 6.35. The Balaban J connectivity index is 1.51. The predicted molar refractivity (Wildman–Crippen MR) is 84.9 cm³/mol. The lowest BCUT2D eigenvalue weighted by atomic mass is 9.94. The number of allylic oxidation sites excluding steroid dienone is 2. The fraction of sp³-hybridized carbons (Fsp3) is 0.375. The van der Waals surface area contributed by atoms with Crippen LogP contribution in [0.15, 0.2) is 30.4 Å². The van der Waals surface area contributed by atoms with Crippen molar-refractivity contribution in [1.82, 2.24) is 0 Å². The van der Waals surface area contributed by atoms with Gasteiger partial charge in [0, 0.05) is 5.02 Å². The highest BCUT2D eigenvalue weighted by Crippen LogP contribution is 2.43. The first-order chi connectivity index (χ1) is 10.5. The summed E-state index contributed by atoms with van der Waals surface area (Å²) in [4.78, 5) is 23.9. The summed E-state index contributed by atoms with van der Waals surface area (Å²) in [6.07, 6.45) is 6.07. The second kappa shape index (κ2) is 6.31. The second-order valence-corrected chi connectivity index (χ2v) is 6.51. The molecule has 2 aliphatic rings. The SMILES string of the molecule is O=C(COC(=O)C1CC2C=CC1C2)Nc1cc(Cl)ccc1Cl. The normalized spacial score (nSPS) is 25.3. The van der Waals surface area contributed by atoms with E-state index in [0.29, 0.717) is 21.7 Å². The zero-order valence-electron chi connectivity index (χ0n) is 11.7. The third-order valence-electron chi connectivity index (χ3n) is 4.13. The molecule has 1 aromatic rings. The maximum absolute atomic E-state index is 12.0. The number of amides is 1. The number of fused-ring (bicyclic) bond motifs is 2. The molecule has 0 radical (unpaired) electrons. The minimum Gasteiger partial charge on any atom is -0.455 e. The van der Waals surface area contributed by atoms with Gasteiger partial charge in [0.15, 0.2) is 6.61 Å². The van der Waals surface area contributed by atoms with Crippen molar-refractivity contribution >= 4 is 40.8 Å². The van der Waals surface area contributed by atoms with Crippen LogP contribution < -0.4 is 5.32 Å². The average molecular weight is 340 g/mol. The molecule has 0 aliphatic heterocycles. The largest absolute Gasteiger partial charge is 0.455 e. The van der Waals surface area contributed by atoms with Gasteiger partial charge in [-0.1, -0.05) is 35.4 Å². The van der Waals surface area contributed by atoms with E-state index in [1.54, 1.807) is 18.2 Å². The zero-order valence-corrected chi connectivity index (χ0v) is 13.2. The van der Waals surface area contributed by atoms with Crippen molar-refractivity contribution in [2.75, 3.05) is 11.9 Å². The third kappa shape index (κ3) is 3.28. The average Bonchev–Trinajstić information content (AvgIpc) is 3.11. The lowest BCUT2D eigenvalue weighted by molar-refractivity contribution is -0.152. The van der Waals surface area contributed by atoms with Crippen LogP contribution in [0.1, 0.15) is 12.8 Å². The van der Waals surface area contributed by atoms with Crippen LogP contribution in [0.3, 0.4) is 0 Å². The van der Waals surface area contributed by atoms with E-state index in [-0.39, 0.29) is 24.4 Å². The van der Waals surface area contributed by atoms with Crippen molar-refractivity contribution in [2.24, 2.45) is 17.8 Å². The standard InChI is InChI=1S/C16H15Cl2NO3/c17-11-3-4-13(18)14(7-11)19-15(20)8-22-16(21)12-6-9-1-2-10(12)5-9/h1-4,7,9-10,12H,5-6,8H2,(H,19,20). The van der Waals surface area contributed by atoms with Gasteiger partial charge in [-0.15, -0.1) is 0 Å². The van der Waals surface area contributed by atoms with Crippen molar-refractivity contribution in [3.8, 4) is 0 Å². The molecule has 2 bridgehead atoms. The summed E-state index contributed by atoms with van der Waals surface area (Å²) >= 11 is 11.8. The van der Waals surface area contributed by atoms with Crippen LogP contribution >= 0.6 is 23.2 Å². The summed E-state index contributed by atoms with van der Waals surface area (Å²) in [5, 5.41) is 3.42. The lowest BCUT2D eigenvalue weighted by Crippen LogP contribution is -2.26. The molecular weight excluding hydrogens is 325 g/mol. The van der Waals surface area contributed by atoms with E-state index < -0.39 is 5.91 Å². The number of carbonyl (C=O) groups is 2. The summed E-state index contributed by atoms with van der Waals surface area (Å²) in [7, 11) is 0. The molecular formula is C16H15Cl2NO3. The van der Waals surface area contributed by atoms with Gasteiger partial charge < -0.3 is 10.1 Å². The lowest BCUT2D eigenvalue weighted by Gasteiger charge is -2.16. The summed E-state index contributed by atoms with van der Waals surface area (Å²) in [5.74, 6) is -0.0949. The quantitative estimate of drug-likeness (QED) is 0.672. The van der Waals surface area contributed by atoms with E-state index >= 15 is 0 Å². The van der Waals surface area contributed by atoms with Crippen molar-refractivity contribution < 1.29 is 14.3 Å². The van der Waals surface area contributed by atoms with E-state index in [0.717, 1.165) is 12.8 Å². The molecule has 0 spiro atoms. The Morgan fingerprint density at radius 2 is 2.05 bits per heavy atom. The number of carbonyl (C=O) groups excluding carboxylic acids is 2. The van der Waals surface area contributed by atoms with Crippen LogP contribution in [0.4, 0.5) is 5.69 Å². The molecule has 1 aromatic carbocycles. The van der Waals surface area contributed by atoms with Crippen molar-refractivity contribution in [2.45, 2.75) is 12.8 Å². The second-order valence-electron chi connectivity index (χ2n) is 5.67. The first-order valence-electron chi connectivity index (χ1n) is 7.13. The summed E-state index contributed by atoms with van der Waals surface area (Å²) in [5.41, 5.74) is 0.401. The number of hydrogen-bond donors (Lipinski definition) is 1.